The van der Waals surface area contributed by atoms with Crippen LogP contribution < -0.4 is 11.1 Å². The second kappa shape index (κ2) is 5.76. The third-order valence-electron chi connectivity index (χ3n) is 2.74. The van der Waals surface area contributed by atoms with E-state index in [0.717, 1.165) is 5.69 Å². The van der Waals surface area contributed by atoms with Gasteiger partial charge in [0, 0.05) is 11.4 Å². The molecule has 100 valence electrons. The maximum atomic E-state index is 11.7. The van der Waals surface area contributed by atoms with Crippen LogP contribution in [0.15, 0.2) is 42.5 Å². The van der Waals surface area contributed by atoms with Gasteiger partial charge in [-0.2, -0.15) is 5.26 Å². The van der Waals surface area contributed by atoms with Gasteiger partial charge >= 0.3 is 5.97 Å². The molecule has 0 aliphatic carbocycles. The molecule has 0 aliphatic heterocycles. The summed E-state index contributed by atoms with van der Waals surface area (Å²) in [5, 5.41) is 11.9. The van der Waals surface area contributed by atoms with Gasteiger partial charge in [-0.1, -0.05) is 0 Å². The fourth-order valence-electron chi connectivity index (χ4n) is 1.73. The summed E-state index contributed by atoms with van der Waals surface area (Å²) in [6, 6.07) is 13.9. The molecule has 0 fully saturated rings. The number of carbonyl (C=O) groups excluding carboxylic acids is 1. The van der Waals surface area contributed by atoms with Gasteiger partial charge in [-0.3, -0.25) is 0 Å². The molecule has 0 aromatic heterocycles. The van der Waals surface area contributed by atoms with E-state index in [1.54, 1.807) is 42.5 Å². The Hall–Kier alpha value is -3.00. The number of anilines is 3. The minimum atomic E-state index is -0.464. The van der Waals surface area contributed by atoms with Crippen molar-refractivity contribution in [2.75, 3.05) is 18.2 Å². The molecule has 0 heterocycles. The zero-order valence-corrected chi connectivity index (χ0v) is 10.9. The molecule has 0 saturated heterocycles. The van der Waals surface area contributed by atoms with Crippen molar-refractivity contribution in [3.05, 3.63) is 53.6 Å². The quantitative estimate of drug-likeness (QED) is 0.659. The zero-order valence-electron chi connectivity index (χ0n) is 10.9. The lowest BCUT2D eigenvalue weighted by molar-refractivity contribution is 0.0602. The standard InChI is InChI=1S/C15H13N3O2/c1-20-15(19)13-8-11(17)4-7-14(13)18-12-5-2-10(9-16)3-6-12/h2-8,18H,17H2,1H3. The molecule has 2 rings (SSSR count). The molecule has 0 radical (unpaired) electrons. The van der Waals surface area contributed by atoms with Crippen molar-refractivity contribution in [3.8, 4) is 6.07 Å². The number of nitrogens with zero attached hydrogens (tertiary/aromatic N) is 1. The number of hydrogen-bond acceptors (Lipinski definition) is 5. The van der Waals surface area contributed by atoms with Crippen molar-refractivity contribution >= 4 is 23.0 Å². The van der Waals surface area contributed by atoms with Crippen molar-refractivity contribution in [2.24, 2.45) is 0 Å². The Morgan fingerprint density at radius 1 is 1.25 bits per heavy atom. The topological polar surface area (TPSA) is 88.1 Å². The first-order valence-corrected chi connectivity index (χ1v) is 5.89. The summed E-state index contributed by atoms with van der Waals surface area (Å²) in [6.07, 6.45) is 0. The number of carbonyl (C=O) groups is 1. The van der Waals surface area contributed by atoms with Crippen molar-refractivity contribution in [1.82, 2.24) is 0 Å². The van der Waals surface area contributed by atoms with Crippen LogP contribution in [0.4, 0.5) is 17.1 Å². The summed E-state index contributed by atoms with van der Waals surface area (Å²) in [6.45, 7) is 0. The molecule has 5 nitrogen and oxygen atoms in total. The second-order valence-electron chi connectivity index (χ2n) is 4.11. The van der Waals surface area contributed by atoms with Crippen LogP contribution in [0.5, 0.6) is 0 Å². The zero-order chi connectivity index (χ0) is 14.5. The van der Waals surface area contributed by atoms with Gasteiger partial charge in [-0.25, -0.2) is 4.79 Å². The van der Waals surface area contributed by atoms with Gasteiger partial charge in [-0.15, -0.1) is 0 Å². The first kappa shape index (κ1) is 13.4. The Morgan fingerprint density at radius 2 is 1.95 bits per heavy atom. The molecule has 0 amide bonds. The highest BCUT2D eigenvalue weighted by Gasteiger charge is 2.12. The van der Waals surface area contributed by atoms with Gasteiger partial charge in [0.15, 0.2) is 0 Å². The molecular formula is C15H13N3O2. The largest absolute Gasteiger partial charge is 0.465 e. The predicted octanol–water partition coefficient (Wildman–Crippen LogP) is 2.67. The lowest BCUT2D eigenvalue weighted by atomic mass is 10.1. The van der Waals surface area contributed by atoms with Gasteiger partial charge in [-0.05, 0) is 42.5 Å². The van der Waals surface area contributed by atoms with E-state index < -0.39 is 5.97 Å². The fourth-order valence-corrected chi connectivity index (χ4v) is 1.73. The van der Waals surface area contributed by atoms with Crippen LogP contribution in [0.25, 0.3) is 0 Å². The summed E-state index contributed by atoms with van der Waals surface area (Å²) < 4.78 is 4.73. The van der Waals surface area contributed by atoms with Crippen LogP contribution in [-0.2, 0) is 4.74 Å². The monoisotopic (exact) mass is 267 g/mol. The number of nitrogen functional groups attached to an aromatic ring is 1. The summed E-state index contributed by atoms with van der Waals surface area (Å²) in [4.78, 5) is 11.7. The molecular weight excluding hydrogens is 254 g/mol. The molecule has 3 N–H and O–H groups in total. The average Bonchev–Trinajstić information content (AvgIpc) is 2.49. The highest BCUT2D eigenvalue weighted by molar-refractivity contribution is 5.97. The number of rotatable bonds is 3. The predicted molar refractivity (Wildman–Crippen MR) is 76.6 cm³/mol. The van der Waals surface area contributed by atoms with Crippen LogP contribution in [0.1, 0.15) is 15.9 Å². The number of ether oxygens (including phenoxy) is 1. The molecule has 0 spiro atoms. The van der Waals surface area contributed by atoms with Crippen LogP contribution in [-0.4, -0.2) is 13.1 Å². The van der Waals surface area contributed by atoms with Crippen LogP contribution in [0, 0.1) is 11.3 Å². The number of nitriles is 1. The molecule has 5 heteroatoms. The molecule has 20 heavy (non-hydrogen) atoms. The van der Waals surface area contributed by atoms with Crippen molar-refractivity contribution in [3.63, 3.8) is 0 Å². The number of nitrogens with one attached hydrogen (secondary N) is 1. The molecule has 0 unspecified atom stereocenters. The van der Waals surface area contributed by atoms with Crippen LogP contribution in [0.2, 0.25) is 0 Å². The number of nitrogens with two attached hydrogens (primary N) is 1. The third kappa shape index (κ3) is 2.87. The SMILES string of the molecule is COC(=O)c1cc(N)ccc1Nc1ccc(C#N)cc1. The third-order valence-corrected chi connectivity index (χ3v) is 2.74. The van der Waals surface area contributed by atoms with Gasteiger partial charge in [0.05, 0.1) is 30.0 Å². The number of hydrogen-bond donors (Lipinski definition) is 2. The van der Waals surface area contributed by atoms with Crippen LogP contribution >= 0.6 is 0 Å². The van der Waals surface area contributed by atoms with Crippen molar-refractivity contribution in [2.45, 2.75) is 0 Å². The van der Waals surface area contributed by atoms with Gasteiger partial charge in [0.2, 0.25) is 0 Å². The van der Waals surface area contributed by atoms with E-state index in [9.17, 15) is 4.79 Å². The average molecular weight is 267 g/mol. The number of benzene rings is 2. The van der Waals surface area contributed by atoms with E-state index in [1.165, 1.54) is 7.11 Å². The molecule has 0 saturated carbocycles. The van der Waals surface area contributed by atoms with Gasteiger partial charge in [0.25, 0.3) is 0 Å². The lowest BCUT2D eigenvalue weighted by Gasteiger charge is -2.11. The Labute approximate surface area is 116 Å². The summed E-state index contributed by atoms with van der Waals surface area (Å²) in [7, 11) is 1.32. The highest BCUT2D eigenvalue weighted by Crippen LogP contribution is 2.24. The Morgan fingerprint density at radius 3 is 2.55 bits per heavy atom. The van der Waals surface area contributed by atoms with Crippen molar-refractivity contribution < 1.29 is 9.53 Å². The van der Waals surface area contributed by atoms with Gasteiger partial charge in [0.1, 0.15) is 0 Å². The van der Waals surface area contributed by atoms with E-state index in [0.29, 0.717) is 22.5 Å². The minimum absolute atomic E-state index is 0.358. The fraction of sp³-hybridized carbons (Fsp3) is 0.0667. The maximum Gasteiger partial charge on any atom is 0.340 e. The Balaban J connectivity index is 2.32. The van der Waals surface area contributed by atoms with E-state index in [1.807, 2.05) is 6.07 Å². The van der Waals surface area contributed by atoms with E-state index in [4.69, 9.17) is 15.7 Å². The summed E-state index contributed by atoms with van der Waals surface area (Å²) >= 11 is 0. The minimum Gasteiger partial charge on any atom is -0.465 e. The van der Waals surface area contributed by atoms with Crippen LogP contribution in [0.3, 0.4) is 0 Å². The molecule has 0 atom stereocenters. The second-order valence-corrected chi connectivity index (χ2v) is 4.11. The molecule has 2 aromatic rings. The first-order valence-electron chi connectivity index (χ1n) is 5.89. The van der Waals surface area contributed by atoms with Crippen molar-refractivity contribution in [1.29, 1.82) is 5.26 Å². The van der Waals surface area contributed by atoms with Gasteiger partial charge < -0.3 is 15.8 Å². The summed E-state index contributed by atoms with van der Waals surface area (Å²) in [5.41, 5.74) is 8.45. The maximum absolute atomic E-state index is 11.7. The van der Waals surface area contributed by atoms with E-state index in [2.05, 4.69) is 5.32 Å². The summed E-state index contributed by atoms with van der Waals surface area (Å²) in [5.74, 6) is -0.464. The van der Waals surface area contributed by atoms with E-state index >= 15 is 0 Å². The normalized spacial score (nSPS) is 9.60. The smallest absolute Gasteiger partial charge is 0.340 e. The van der Waals surface area contributed by atoms with E-state index in [-0.39, 0.29) is 0 Å². The number of esters is 1. The molecule has 0 bridgehead atoms. The number of methoxy groups -OCH3 is 1. The molecule has 0 aliphatic rings. The first-order chi connectivity index (χ1) is 9.63. The highest BCUT2D eigenvalue weighted by atomic mass is 16.5. The Kier molecular flexibility index (Phi) is 3.87. The molecule has 2 aromatic carbocycles. The Bertz CT molecular complexity index is 673. The lowest BCUT2D eigenvalue weighted by Crippen LogP contribution is -2.06.